The summed E-state index contributed by atoms with van der Waals surface area (Å²) in [4.78, 5) is 27.6. The molecule has 3 rings (SSSR count). The van der Waals surface area contributed by atoms with Gasteiger partial charge < -0.3 is 15.0 Å². The van der Waals surface area contributed by atoms with Crippen LogP contribution in [0, 0.1) is 0 Å². The molecule has 2 heterocycles. The van der Waals surface area contributed by atoms with Crippen LogP contribution in [0.25, 0.3) is 0 Å². The third-order valence-corrected chi connectivity index (χ3v) is 5.40. The second-order valence-electron chi connectivity index (χ2n) is 7.00. The molecule has 1 aliphatic carbocycles. The Morgan fingerprint density at radius 3 is 2.73 bits per heavy atom. The molecule has 0 atom stereocenters. The van der Waals surface area contributed by atoms with Crippen LogP contribution >= 0.6 is 0 Å². The molecule has 1 fully saturated rings. The largest absolute Gasteiger partial charge is 0.383 e. The van der Waals surface area contributed by atoms with Gasteiger partial charge in [-0.3, -0.25) is 14.3 Å². The number of rotatable bonds is 6. The summed E-state index contributed by atoms with van der Waals surface area (Å²) in [5, 5.41) is 7.28. The molecule has 7 heteroatoms. The lowest BCUT2D eigenvalue weighted by Crippen LogP contribution is -2.56. The van der Waals surface area contributed by atoms with Crippen molar-refractivity contribution in [2.75, 3.05) is 33.4 Å². The number of carbonyl (C=O) groups is 2. The van der Waals surface area contributed by atoms with E-state index in [4.69, 9.17) is 4.74 Å². The summed E-state index contributed by atoms with van der Waals surface area (Å²) < 4.78 is 6.77. The maximum absolute atomic E-state index is 12.9. The lowest BCUT2D eigenvalue weighted by atomic mass is 9.85. The highest BCUT2D eigenvalue weighted by Gasteiger charge is 2.44. The van der Waals surface area contributed by atoms with Gasteiger partial charge in [-0.15, -0.1) is 0 Å². The van der Waals surface area contributed by atoms with E-state index in [-0.39, 0.29) is 11.8 Å². The molecular formula is C19H28N4O3. The van der Waals surface area contributed by atoms with Crippen molar-refractivity contribution in [1.82, 2.24) is 20.0 Å². The highest BCUT2D eigenvalue weighted by Crippen LogP contribution is 2.31. The number of amides is 2. The Balaban J connectivity index is 1.70. The number of ether oxygens (including phenoxy) is 1. The van der Waals surface area contributed by atoms with Crippen LogP contribution in [-0.2, 0) is 19.9 Å². The minimum atomic E-state index is -0.741. The molecule has 7 nitrogen and oxygen atoms in total. The molecule has 0 unspecified atom stereocenters. The zero-order chi connectivity index (χ0) is 18.4. The highest BCUT2D eigenvalue weighted by molar-refractivity contribution is 5.94. The normalized spacial score (nSPS) is 19.7. The van der Waals surface area contributed by atoms with Gasteiger partial charge in [0.05, 0.1) is 6.61 Å². The summed E-state index contributed by atoms with van der Waals surface area (Å²) in [7, 11) is 1.61. The number of nitrogens with zero attached hydrogens (tertiary/aromatic N) is 3. The summed E-state index contributed by atoms with van der Waals surface area (Å²) >= 11 is 0. The fraction of sp³-hybridized carbons (Fsp3) is 0.632. The first kappa shape index (κ1) is 18.6. The molecule has 1 aromatic heterocycles. The van der Waals surface area contributed by atoms with Gasteiger partial charge in [0, 0.05) is 44.7 Å². The molecule has 1 saturated heterocycles. The number of carbonyl (C=O) groups excluding carboxylic acids is 2. The van der Waals surface area contributed by atoms with Crippen LogP contribution in [0.5, 0.6) is 0 Å². The molecule has 0 radical (unpaired) electrons. The Labute approximate surface area is 154 Å². The van der Waals surface area contributed by atoms with E-state index in [9.17, 15) is 9.59 Å². The summed E-state index contributed by atoms with van der Waals surface area (Å²) in [6, 6.07) is 1.83. The standard InChI is InChI=1S/C19H28N4O3/c1-26-15-11-20-18(25)19(23-12-5-10-21-23)8-13-22(14-9-19)17(24)16-6-3-2-4-7-16/h5-6,10,12H,2-4,7-9,11,13-15H2,1H3,(H,20,25). The van der Waals surface area contributed by atoms with E-state index in [0.29, 0.717) is 39.1 Å². The Kier molecular flexibility index (Phi) is 6.08. The number of piperidine rings is 1. The molecule has 0 bridgehead atoms. The molecule has 1 aliphatic heterocycles. The monoisotopic (exact) mass is 360 g/mol. The Morgan fingerprint density at radius 2 is 2.12 bits per heavy atom. The Bertz CT molecular complexity index is 646. The third kappa shape index (κ3) is 3.82. The van der Waals surface area contributed by atoms with Crippen LogP contribution in [-0.4, -0.2) is 59.8 Å². The van der Waals surface area contributed by atoms with E-state index in [1.165, 1.54) is 6.42 Å². The summed E-state index contributed by atoms with van der Waals surface area (Å²) in [5.74, 6) is 0.0841. The van der Waals surface area contributed by atoms with E-state index in [1.54, 1.807) is 18.0 Å². The molecule has 0 aromatic carbocycles. The van der Waals surface area contributed by atoms with Gasteiger partial charge in [-0.25, -0.2) is 0 Å². The van der Waals surface area contributed by atoms with Gasteiger partial charge in [0.2, 0.25) is 11.8 Å². The number of methoxy groups -OCH3 is 1. The smallest absolute Gasteiger partial charge is 0.249 e. The molecule has 142 valence electrons. The number of aromatic nitrogens is 2. The fourth-order valence-electron chi connectivity index (χ4n) is 3.83. The average molecular weight is 360 g/mol. The minimum Gasteiger partial charge on any atom is -0.383 e. The topological polar surface area (TPSA) is 76.5 Å². The van der Waals surface area contributed by atoms with E-state index >= 15 is 0 Å². The average Bonchev–Trinajstić information content (AvgIpc) is 3.23. The number of hydrogen-bond acceptors (Lipinski definition) is 4. The van der Waals surface area contributed by atoms with Crippen molar-refractivity contribution in [3.8, 4) is 0 Å². The van der Waals surface area contributed by atoms with Crippen molar-refractivity contribution >= 4 is 11.8 Å². The van der Waals surface area contributed by atoms with Crippen LogP contribution in [0.4, 0.5) is 0 Å². The molecule has 2 amide bonds. The van der Waals surface area contributed by atoms with Crippen LogP contribution in [0.3, 0.4) is 0 Å². The van der Waals surface area contributed by atoms with Crippen molar-refractivity contribution < 1.29 is 14.3 Å². The molecule has 2 aliphatic rings. The lowest BCUT2D eigenvalue weighted by molar-refractivity contribution is -0.138. The van der Waals surface area contributed by atoms with E-state index in [2.05, 4.69) is 16.5 Å². The van der Waals surface area contributed by atoms with Gasteiger partial charge in [0.25, 0.3) is 0 Å². The van der Waals surface area contributed by atoms with E-state index in [1.807, 2.05) is 17.2 Å². The van der Waals surface area contributed by atoms with Crippen molar-refractivity contribution in [2.24, 2.45) is 0 Å². The number of allylic oxidation sites excluding steroid dienone is 1. The van der Waals surface area contributed by atoms with Crippen molar-refractivity contribution in [3.05, 3.63) is 30.1 Å². The molecule has 1 aromatic rings. The Hall–Kier alpha value is -2.15. The Morgan fingerprint density at radius 1 is 1.31 bits per heavy atom. The van der Waals surface area contributed by atoms with Gasteiger partial charge in [-0.2, -0.15) is 5.10 Å². The maximum Gasteiger partial charge on any atom is 0.249 e. The van der Waals surface area contributed by atoms with Gasteiger partial charge in [0.15, 0.2) is 0 Å². The van der Waals surface area contributed by atoms with E-state index < -0.39 is 5.54 Å². The molecule has 0 saturated carbocycles. The first-order valence-corrected chi connectivity index (χ1v) is 9.43. The first-order chi connectivity index (χ1) is 12.7. The van der Waals surface area contributed by atoms with Gasteiger partial charge in [-0.1, -0.05) is 6.08 Å². The molecule has 0 spiro atoms. The van der Waals surface area contributed by atoms with Gasteiger partial charge in [0.1, 0.15) is 5.54 Å². The minimum absolute atomic E-state index is 0.0535. The SMILES string of the molecule is COCCNC(=O)C1(n2cccn2)CCN(C(=O)C2=CCCCC2)CC1. The van der Waals surface area contributed by atoms with Crippen molar-refractivity contribution in [2.45, 2.75) is 44.1 Å². The number of hydrogen-bond donors (Lipinski definition) is 1. The molecule has 26 heavy (non-hydrogen) atoms. The molecule has 1 N–H and O–H groups in total. The van der Waals surface area contributed by atoms with Crippen LogP contribution in [0.2, 0.25) is 0 Å². The van der Waals surface area contributed by atoms with Crippen LogP contribution in [0.15, 0.2) is 30.1 Å². The zero-order valence-corrected chi connectivity index (χ0v) is 15.4. The predicted octanol–water partition coefficient (Wildman–Crippen LogP) is 1.46. The lowest BCUT2D eigenvalue weighted by Gasteiger charge is -2.41. The van der Waals surface area contributed by atoms with Crippen molar-refractivity contribution in [1.29, 1.82) is 0 Å². The second kappa shape index (κ2) is 8.49. The van der Waals surface area contributed by atoms with E-state index in [0.717, 1.165) is 24.8 Å². The first-order valence-electron chi connectivity index (χ1n) is 9.43. The third-order valence-electron chi connectivity index (χ3n) is 5.40. The van der Waals surface area contributed by atoms with Crippen LogP contribution < -0.4 is 5.32 Å². The second-order valence-corrected chi connectivity index (χ2v) is 7.00. The molecular weight excluding hydrogens is 332 g/mol. The van der Waals surface area contributed by atoms with Gasteiger partial charge in [-0.05, 0) is 44.6 Å². The van der Waals surface area contributed by atoms with Crippen molar-refractivity contribution in [3.63, 3.8) is 0 Å². The number of likely N-dealkylation sites (tertiary alicyclic amines) is 1. The van der Waals surface area contributed by atoms with Gasteiger partial charge >= 0.3 is 0 Å². The maximum atomic E-state index is 12.9. The zero-order valence-electron chi connectivity index (χ0n) is 15.4. The van der Waals surface area contributed by atoms with Crippen LogP contribution in [0.1, 0.15) is 38.5 Å². The predicted molar refractivity (Wildman–Crippen MR) is 97.5 cm³/mol. The quantitative estimate of drug-likeness (QED) is 0.780. The summed E-state index contributed by atoms with van der Waals surface area (Å²) in [6.07, 6.45) is 10.8. The number of nitrogens with one attached hydrogen (secondary N) is 1. The summed E-state index contributed by atoms with van der Waals surface area (Å²) in [5.41, 5.74) is 0.196. The fourth-order valence-corrected chi connectivity index (χ4v) is 3.83. The summed E-state index contributed by atoms with van der Waals surface area (Å²) in [6.45, 7) is 2.06. The highest BCUT2D eigenvalue weighted by atomic mass is 16.5.